The lowest BCUT2D eigenvalue weighted by atomic mass is 10.0. The second-order valence-corrected chi connectivity index (χ2v) is 10.9. The highest BCUT2D eigenvalue weighted by atomic mass is 32.2. The molecule has 0 heterocycles. The van der Waals surface area contributed by atoms with Gasteiger partial charge in [-0.25, -0.2) is 8.42 Å². The third kappa shape index (κ3) is 6.63. The van der Waals surface area contributed by atoms with Gasteiger partial charge in [-0.15, -0.1) is 0 Å². The molecule has 0 saturated carbocycles. The molecule has 3 rings (SSSR count). The number of nitrogens with one attached hydrogen (secondary N) is 1. The molecule has 0 aromatic heterocycles. The summed E-state index contributed by atoms with van der Waals surface area (Å²) in [5.41, 5.74) is 5.98. The van der Waals surface area contributed by atoms with E-state index in [1.165, 1.54) is 10.6 Å². The van der Waals surface area contributed by atoms with E-state index < -0.39 is 10.0 Å². The monoisotopic (exact) mass is 494 g/mol. The number of carbonyl (C=O) groups excluding carboxylic acids is 1. The van der Waals surface area contributed by atoms with Gasteiger partial charge in [-0.05, 0) is 85.3 Å². The normalized spacial score (nSPS) is 12.2. The van der Waals surface area contributed by atoms with Crippen LogP contribution in [0.4, 0.5) is 5.69 Å². The summed E-state index contributed by atoms with van der Waals surface area (Å²) in [6.07, 6.45) is 1.95. The van der Waals surface area contributed by atoms with Crippen LogP contribution in [0.5, 0.6) is 5.75 Å². The van der Waals surface area contributed by atoms with Crippen LogP contribution in [0.2, 0.25) is 0 Å². The maximum atomic E-state index is 12.9. The van der Waals surface area contributed by atoms with Gasteiger partial charge in [0, 0.05) is 5.56 Å². The maximum absolute atomic E-state index is 12.9. The first-order valence-electron chi connectivity index (χ1n) is 11.6. The van der Waals surface area contributed by atoms with Crippen LogP contribution in [0, 0.1) is 20.8 Å². The molecule has 1 atom stereocenters. The molecule has 35 heavy (non-hydrogen) atoms. The fourth-order valence-electron chi connectivity index (χ4n) is 4.20. The van der Waals surface area contributed by atoms with E-state index >= 15 is 0 Å². The minimum absolute atomic E-state index is 0.128. The van der Waals surface area contributed by atoms with Gasteiger partial charge in [0.15, 0.2) is 0 Å². The molecule has 0 aliphatic carbocycles. The number of methoxy groups -OCH3 is 1. The average Bonchev–Trinajstić information content (AvgIpc) is 2.79. The Kier molecular flexibility index (Phi) is 8.22. The Balaban J connectivity index is 1.76. The van der Waals surface area contributed by atoms with Crippen molar-refractivity contribution in [3.63, 3.8) is 0 Å². The van der Waals surface area contributed by atoms with Crippen LogP contribution in [0.15, 0.2) is 60.7 Å². The number of hydrogen-bond donors (Lipinski definition) is 1. The molecule has 0 aliphatic rings. The Morgan fingerprint density at radius 3 is 2.11 bits per heavy atom. The molecule has 186 valence electrons. The number of aryl methyl sites for hydroxylation is 3. The fraction of sp³-hybridized carbons (Fsp3) is 0.321. The van der Waals surface area contributed by atoms with Gasteiger partial charge < -0.3 is 10.1 Å². The average molecular weight is 495 g/mol. The summed E-state index contributed by atoms with van der Waals surface area (Å²) in [7, 11) is -1.85. The Morgan fingerprint density at radius 1 is 0.971 bits per heavy atom. The summed E-state index contributed by atoms with van der Waals surface area (Å²) in [5, 5.41) is 3.10. The number of ether oxygens (including phenoxy) is 1. The summed E-state index contributed by atoms with van der Waals surface area (Å²) < 4.78 is 31.8. The van der Waals surface area contributed by atoms with E-state index in [1.807, 2.05) is 64.1 Å². The highest BCUT2D eigenvalue weighted by Crippen LogP contribution is 2.26. The molecule has 3 aromatic rings. The number of rotatable bonds is 9. The van der Waals surface area contributed by atoms with Crippen molar-refractivity contribution in [3.05, 3.63) is 94.0 Å². The molecule has 0 radical (unpaired) electrons. The molecule has 1 amide bonds. The lowest BCUT2D eigenvalue weighted by Gasteiger charge is -2.23. The number of anilines is 1. The molecular formula is C28H34N2O4S. The number of hydrogen-bond acceptors (Lipinski definition) is 4. The predicted molar refractivity (Wildman–Crippen MR) is 142 cm³/mol. The number of carbonyl (C=O) groups is 1. The van der Waals surface area contributed by atoms with E-state index in [-0.39, 0.29) is 18.5 Å². The highest BCUT2D eigenvalue weighted by molar-refractivity contribution is 7.92. The maximum Gasteiger partial charge on any atom is 0.251 e. The molecule has 0 bridgehead atoms. The molecule has 0 aliphatic heterocycles. The highest BCUT2D eigenvalue weighted by Gasteiger charge is 2.19. The smallest absolute Gasteiger partial charge is 0.251 e. The first kappa shape index (κ1) is 26.3. The van der Waals surface area contributed by atoms with Crippen molar-refractivity contribution in [3.8, 4) is 5.75 Å². The molecule has 6 nitrogen and oxygen atoms in total. The second kappa shape index (κ2) is 11.0. The Hall–Kier alpha value is -3.32. The van der Waals surface area contributed by atoms with Crippen LogP contribution >= 0.6 is 0 Å². The van der Waals surface area contributed by atoms with Crippen molar-refractivity contribution in [1.82, 2.24) is 5.32 Å². The minimum atomic E-state index is -3.49. The molecular weight excluding hydrogens is 460 g/mol. The number of benzene rings is 3. The van der Waals surface area contributed by atoms with Crippen LogP contribution in [-0.2, 0) is 16.6 Å². The third-order valence-corrected chi connectivity index (χ3v) is 7.11. The largest absolute Gasteiger partial charge is 0.496 e. The van der Waals surface area contributed by atoms with E-state index in [0.29, 0.717) is 11.3 Å². The van der Waals surface area contributed by atoms with Crippen LogP contribution in [0.1, 0.15) is 57.6 Å². The molecule has 1 N–H and O–H groups in total. The van der Waals surface area contributed by atoms with E-state index in [2.05, 4.69) is 5.32 Å². The van der Waals surface area contributed by atoms with E-state index in [4.69, 9.17) is 4.74 Å². The Labute approximate surface area is 209 Å². The van der Waals surface area contributed by atoms with Gasteiger partial charge in [-0.1, -0.05) is 37.3 Å². The first-order valence-corrected chi connectivity index (χ1v) is 13.5. The van der Waals surface area contributed by atoms with E-state index in [1.54, 1.807) is 31.4 Å². The lowest BCUT2D eigenvalue weighted by molar-refractivity contribution is 0.0935. The summed E-state index contributed by atoms with van der Waals surface area (Å²) in [6.45, 7) is 8.09. The number of nitrogens with zero attached hydrogens (tertiary/aromatic N) is 1. The molecule has 0 fully saturated rings. The topological polar surface area (TPSA) is 75.7 Å². The van der Waals surface area contributed by atoms with E-state index in [9.17, 15) is 13.2 Å². The second-order valence-electron chi connectivity index (χ2n) is 8.98. The third-order valence-electron chi connectivity index (χ3n) is 5.97. The Bertz CT molecular complexity index is 1280. The zero-order valence-corrected chi connectivity index (χ0v) is 22.1. The summed E-state index contributed by atoms with van der Waals surface area (Å²) in [5.74, 6) is 0.639. The standard InChI is InChI=1S/C28H34N2O4S/c1-7-26(24-12-13-27(34-5)21(4)17-24)29-28(31)23-10-8-22(9-11-23)18-30(35(6,32)33)25-15-19(2)14-20(3)16-25/h8-17,26H,7,18H2,1-6H3,(H,29,31)/t26-/m1/s1. The van der Waals surface area contributed by atoms with Gasteiger partial charge >= 0.3 is 0 Å². The van der Waals surface area contributed by atoms with Crippen LogP contribution in [0.3, 0.4) is 0 Å². The van der Waals surface area contributed by atoms with Gasteiger partial charge in [-0.2, -0.15) is 0 Å². The van der Waals surface area contributed by atoms with Crippen molar-refractivity contribution in [1.29, 1.82) is 0 Å². The fourth-order valence-corrected chi connectivity index (χ4v) is 5.07. The van der Waals surface area contributed by atoms with Crippen LogP contribution in [-0.4, -0.2) is 27.7 Å². The SMILES string of the molecule is CC[C@@H](NC(=O)c1ccc(CN(c2cc(C)cc(C)c2)S(C)(=O)=O)cc1)c1ccc(OC)c(C)c1. The zero-order chi connectivity index (χ0) is 25.8. The molecule has 0 unspecified atom stereocenters. The number of sulfonamides is 1. The van der Waals surface area contributed by atoms with Gasteiger partial charge in [-0.3, -0.25) is 9.10 Å². The molecule has 7 heteroatoms. The summed E-state index contributed by atoms with van der Waals surface area (Å²) >= 11 is 0. The first-order chi connectivity index (χ1) is 16.5. The van der Waals surface area contributed by atoms with E-state index in [0.717, 1.165) is 40.0 Å². The van der Waals surface area contributed by atoms with Gasteiger partial charge in [0.05, 0.1) is 31.6 Å². The zero-order valence-electron chi connectivity index (χ0n) is 21.3. The van der Waals surface area contributed by atoms with Crippen molar-refractivity contribution < 1.29 is 17.9 Å². The molecule has 0 saturated heterocycles. The van der Waals surface area contributed by atoms with Gasteiger partial charge in [0.1, 0.15) is 5.75 Å². The molecule has 3 aromatic carbocycles. The van der Waals surface area contributed by atoms with Crippen molar-refractivity contribution in [2.24, 2.45) is 0 Å². The molecule has 0 spiro atoms. The van der Waals surface area contributed by atoms with Crippen molar-refractivity contribution >= 4 is 21.6 Å². The van der Waals surface area contributed by atoms with Gasteiger partial charge in [0.25, 0.3) is 5.91 Å². The summed E-state index contributed by atoms with van der Waals surface area (Å²) in [6, 6.07) is 18.6. The van der Waals surface area contributed by atoms with Crippen molar-refractivity contribution in [2.45, 2.75) is 46.7 Å². The van der Waals surface area contributed by atoms with Gasteiger partial charge in [0.2, 0.25) is 10.0 Å². The van der Waals surface area contributed by atoms with Crippen molar-refractivity contribution in [2.75, 3.05) is 17.7 Å². The quantitative estimate of drug-likeness (QED) is 0.428. The Morgan fingerprint density at radius 2 is 1.60 bits per heavy atom. The van der Waals surface area contributed by atoms with Crippen LogP contribution in [0.25, 0.3) is 0 Å². The lowest BCUT2D eigenvalue weighted by Crippen LogP contribution is -2.30. The summed E-state index contributed by atoms with van der Waals surface area (Å²) in [4.78, 5) is 12.9. The minimum Gasteiger partial charge on any atom is -0.496 e. The predicted octanol–water partition coefficient (Wildman–Crippen LogP) is 5.47. The number of amides is 1. The van der Waals surface area contributed by atoms with Crippen LogP contribution < -0.4 is 14.4 Å².